The highest BCUT2D eigenvalue weighted by Crippen LogP contribution is 2.20. The van der Waals surface area contributed by atoms with Gasteiger partial charge in [0.1, 0.15) is 18.4 Å². The Balaban J connectivity index is 2.41. The van der Waals surface area contributed by atoms with Gasteiger partial charge in [0.2, 0.25) is 21.8 Å². The Labute approximate surface area is 189 Å². The molecule has 0 heterocycles. The van der Waals surface area contributed by atoms with E-state index in [9.17, 15) is 22.4 Å². The van der Waals surface area contributed by atoms with Crippen LogP contribution in [0.1, 0.15) is 32.8 Å². The first-order chi connectivity index (χ1) is 15.0. The van der Waals surface area contributed by atoms with Crippen LogP contribution in [0, 0.1) is 5.82 Å². The van der Waals surface area contributed by atoms with E-state index in [2.05, 4.69) is 5.32 Å². The maximum Gasteiger partial charge on any atom is 0.244 e. The second-order valence-electron chi connectivity index (χ2n) is 7.84. The molecule has 0 radical (unpaired) electrons. The number of carbonyl (C=O) groups excluding carboxylic acids is 2. The monoisotopic (exact) mass is 463 g/mol. The van der Waals surface area contributed by atoms with Gasteiger partial charge in [-0.05, 0) is 44.0 Å². The number of hydrogen-bond donors (Lipinski definition) is 1. The third-order valence-corrected chi connectivity index (χ3v) is 5.93. The van der Waals surface area contributed by atoms with Gasteiger partial charge in [-0.15, -0.1) is 0 Å². The van der Waals surface area contributed by atoms with E-state index in [4.69, 9.17) is 0 Å². The van der Waals surface area contributed by atoms with Gasteiger partial charge >= 0.3 is 0 Å². The molecule has 1 atom stereocenters. The molecule has 0 saturated heterocycles. The maximum absolute atomic E-state index is 13.7. The molecule has 0 saturated carbocycles. The number of carbonyl (C=O) groups is 2. The van der Waals surface area contributed by atoms with Gasteiger partial charge in [0.05, 0.1) is 11.9 Å². The van der Waals surface area contributed by atoms with Crippen molar-refractivity contribution in [3.8, 4) is 0 Å². The van der Waals surface area contributed by atoms with Crippen LogP contribution in [-0.4, -0.2) is 50.0 Å². The van der Waals surface area contributed by atoms with Crippen molar-refractivity contribution < 1.29 is 22.4 Å². The number of rotatable bonds is 10. The summed E-state index contributed by atoms with van der Waals surface area (Å²) >= 11 is 0. The third-order valence-electron chi connectivity index (χ3n) is 4.79. The number of hydrogen-bond acceptors (Lipinski definition) is 4. The minimum Gasteiger partial charge on any atom is -0.352 e. The van der Waals surface area contributed by atoms with E-state index in [1.807, 2.05) is 44.2 Å². The summed E-state index contributed by atoms with van der Waals surface area (Å²) in [6.45, 7) is 5.01. The summed E-state index contributed by atoms with van der Waals surface area (Å²) < 4.78 is 39.5. The first kappa shape index (κ1) is 25.3. The Hall–Kier alpha value is -2.94. The first-order valence-electron chi connectivity index (χ1n) is 10.4. The Morgan fingerprint density at radius 3 is 2.25 bits per heavy atom. The minimum absolute atomic E-state index is 0.0418. The molecule has 7 nitrogen and oxygen atoms in total. The largest absolute Gasteiger partial charge is 0.352 e. The van der Waals surface area contributed by atoms with Gasteiger partial charge < -0.3 is 10.2 Å². The summed E-state index contributed by atoms with van der Waals surface area (Å²) in [7, 11) is -3.89. The standard InChI is InChI=1S/C23H30FN3O4S/c1-5-21(23(29)25-17(2)3)26(15-18-10-7-6-8-11-18)22(28)16-27(32(4,30)31)20-13-9-12-19(24)14-20/h6-14,17,21H,5,15-16H2,1-4H3,(H,25,29)/t21-/m0/s1. The molecule has 0 bridgehead atoms. The molecule has 0 aliphatic heterocycles. The van der Waals surface area contributed by atoms with Crippen LogP contribution in [0.25, 0.3) is 0 Å². The van der Waals surface area contributed by atoms with Gasteiger partial charge in [-0.1, -0.05) is 43.3 Å². The van der Waals surface area contributed by atoms with E-state index in [1.165, 1.54) is 23.1 Å². The summed E-state index contributed by atoms with van der Waals surface area (Å²) in [6.07, 6.45) is 1.30. The lowest BCUT2D eigenvalue weighted by Gasteiger charge is -2.33. The molecule has 2 amide bonds. The van der Waals surface area contributed by atoms with Gasteiger partial charge in [-0.25, -0.2) is 12.8 Å². The van der Waals surface area contributed by atoms with Crippen molar-refractivity contribution in [2.45, 2.75) is 45.8 Å². The van der Waals surface area contributed by atoms with Crippen molar-refractivity contribution in [1.82, 2.24) is 10.2 Å². The number of sulfonamides is 1. The normalized spacial score (nSPS) is 12.3. The van der Waals surface area contributed by atoms with Crippen molar-refractivity contribution in [2.24, 2.45) is 0 Å². The molecule has 0 aliphatic rings. The Kier molecular flexibility index (Phi) is 8.77. The lowest BCUT2D eigenvalue weighted by molar-refractivity contribution is -0.140. The summed E-state index contributed by atoms with van der Waals surface area (Å²) in [4.78, 5) is 27.6. The number of nitrogens with one attached hydrogen (secondary N) is 1. The number of anilines is 1. The molecule has 1 N–H and O–H groups in total. The molecule has 0 spiro atoms. The molecule has 32 heavy (non-hydrogen) atoms. The van der Waals surface area contributed by atoms with Crippen LogP contribution in [0.5, 0.6) is 0 Å². The van der Waals surface area contributed by atoms with Crippen LogP contribution in [-0.2, 0) is 26.2 Å². The fraction of sp³-hybridized carbons (Fsp3) is 0.391. The SMILES string of the molecule is CC[C@@H](C(=O)NC(C)C)N(Cc1ccccc1)C(=O)CN(c1cccc(F)c1)S(C)(=O)=O. The molecule has 0 aliphatic carbocycles. The van der Waals surface area contributed by atoms with E-state index in [1.54, 1.807) is 6.92 Å². The van der Waals surface area contributed by atoms with Gasteiger partial charge in [-0.3, -0.25) is 13.9 Å². The lowest BCUT2D eigenvalue weighted by Crippen LogP contribution is -2.53. The van der Waals surface area contributed by atoms with E-state index in [-0.39, 0.29) is 24.2 Å². The van der Waals surface area contributed by atoms with Gasteiger partial charge in [0, 0.05) is 12.6 Å². The summed E-state index contributed by atoms with van der Waals surface area (Å²) in [5, 5.41) is 2.82. The molecular formula is C23H30FN3O4S. The van der Waals surface area contributed by atoms with Crippen LogP contribution < -0.4 is 9.62 Å². The molecule has 2 aromatic rings. The fourth-order valence-corrected chi connectivity index (χ4v) is 4.17. The molecule has 2 rings (SSSR count). The third kappa shape index (κ3) is 7.05. The zero-order chi connectivity index (χ0) is 23.9. The maximum atomic E-state index is 13.7. The minimum atomic E-state index is -3.89. The molecule has 9 heteroatoms. The van der Waals surface area contributed by atoms with Crippen LogP contribution in [0.15, 0.2) is 54.6 Å². The number of benzene rings is 2. The summed E-state index contributed by atoms with van der Waals surface area (Å²) in [5.74, 6) is -1.50. The second-order valence-corrected chi connectivity index (χ2v) is 9.75. The van der Waals surface area contributed by atoms with Gasteiger partial charge in [0.25, 0.3) is 0 Å². The number of amides is 2. The molecule has 0 unspecified atom stereocenters. The number of nitrogens with zero attached hydrogens (tertiary/aromatic N) is 2. The summed E-state index contributed by atoms with van der Waals surface area (Å²) in [6, 6.07) is 13.3. The summed E-state index contributed by atoms with van der Waals surface area (Å²) in [5.41, 5.74) is 0.841. The lowest BCUT2D eigenvalue weighted by atomic mass is 10.1. The average molecular weight is 464 g/mol. The average Bonchev–Trinajstić information content (AvgIpc) is 2.71. The first-order valence-corrected chi connectivity index (χ1v) is 12.2. The van der Waals surface area contributed by atoms with Crippen LogP contribution in [0.4, 0.5) is 10.1 Å². The van der Waals surface area contributed by atoms with E-state index in [0.29, 0.717) is 6.42 Å². The van der Waals surface area contributed by atoms with Crippen molar-refractivity contribution in [3.63, 3.8) is 0 Å². The van der Waals surface area contributed by atoms with Gasteiger partial charge in [0.15, 0.2) is 0 Å². The van der Waals surface area contributed by atoms with Crippen LogP contribution in [0.3, 0.4) is 0 Å². The van der Waals surface area contributed by atoms with Crippen molar-refractivity contribution in [3.05, 3.63) is 66.0 Å². The zero-order valence-electron chi connectivity index (χ0n) is 18.8. The van der Waals surface area contributed by atoms with E-state index in [0.717, 1.165) is 22.2 Å². The molecule has 0 fully saturated rings. The Bertz CT molecular complexity index is 1030. The predicted octanol–water partition coefficient (Wildman–Crippen LogP) is 2.92. The van der Waals surface area contributed by atoms with Gasteiger partial charge in [-0.2, -0.15) is 0 Å². The highest BCUT2D eigenvalue weighted by atomic mass is 32.2. The molecule has 2 aromatic carbocycles. The van der Waals surface area contributed by atoms with Crippen LogP contribution >= 0.6 is 0 Å². The van der Waals surface area contributed by atoms with Crippen molar-refractivity contribution in [2.75, 3.05) is 17.1 Å². The zero-order valence-corrected chi connectivity index (χ0v) is 19.6. The molecule has 0 aromatic heterocycles. The topological polar surface area (TPSA) is 86.8 Å². The Morgan fingerprint density at radius 2 is 1.72 bits per heavy atom. The smallest absolute Gasteiger partial charge is 0.244 e. The second kappa shape index (κ2) is 11.1. The Morgan fingerprint density at radius 1 is 1.06 bits per heavy atom. The van der Waals surface area contributed by atoms with E-state index < -0.39 is 34.3 Å². The highest BCUT2D eigenvalue weighted by molar-refractivity contribution is 7.92. The number of halogens is 1. The predicted molar refractivity (Wildman–Crippen MR) is 123 cm³/mol. The van der Waals surface area contributed by atoms with E-state index >= 15 is 0 Å². The molecule has 174 valence electrons. The quantitative estimate of drug-likeness (QED) is 0.587. The molecular weight excluding hydrogens is 433 g/mol. The highest BCUT2D eigenvalue weighted by Gasteiger charge is 2.32. The van der Waals surface area contributed by atoms with Crippen molar-refractivity contribution >= 4 is 27.5 Å². The van der Waals surface area contributed by atoms with Crippen molar-refractivity contribution in [1.29, 1.82) is 0 Å². The fourth-order valence-electron chi connectivity index (χ4n) is 3.33. The van der Waals surface area contributed by atoms with Crippen LogP contribution in [0.2, 0.25) is 0 Å².